The molecule has 0 aliphatic rings. The van der Waals surface area contributed by atoms with Gasteiger partial charge >= 0.3 is 0 Å². The van der Waals surface area contributed by atoms with Crippen LogP contribution in [0.4, 0.5) is 15.8 Å². The molecule has 0 saturated heterocycles. The standard InChI is InChI=1S/C21H19FN2O3S/c1-23(18-8-4-2-5-9-18)21(25)16-24(19-14-12-17(22)13-15-19)28(26,27)20-10-6-3-7-11-20/h2-15H,16H2,1H3. The van der Waals surface area contributed by atoms with E-state index in [2.05, 4.69) is 0 Å². The Hall–Kier alpha value is -3.19. The lowest BCUT2D eigenvalue weighted by atomic mass is 10.3. The Bertz CT molecular complexity index is 1040. The van der Waals surface area contributed by atoms with E-state index in [1.807, 2.05) is 6.07 Å². The van der Waals surface area contributed by atoms with Gasteiger partial charge in [0.15, 0.2) is 0 Å². The number of sulfonamides is 1. The molecule has 0 aromatic heterocycles. The molecule has 3 aromatic carbocycles. The predicted octanol–water partition coefficient (Wildman–Crippen LogP) is 3.68. The zero-order valence-corrected chi connectivity index (χ0v) is 16.0. The molecule has 0 heterocycles. The van der Waals surface area contributed by atoms with E-state index in [4.69, 9.17) is 0 Å². The second-order valence-electron chi connectivity index (χ2n) is 6.09. The molecule has 0 atom stereocenters. The summed E-state index contributed by atoms with van der Waals surface area (Å²) in [6.07, 6.45) is 0. The Morgan fingerprint density at radius 1 is 0.821 bits per heavy atom. The number of amides is 1. The highest BCUT2D eigenvalue weighted by molar-refractivity contribution is 7.92. The Morgan fingerprint density at radius 2 is 1.36 bits per heavy atom. The van der Waals surface area contributed by atoms with Gasteiger partial charge in [0.2, 0.25) is 5.91 Å². The maximum atomic E-state index is 13.3. The van der Waals surface area contributed by atoms with E-state index in [9.17, 15) is 17.6 Å². The number of nitrogens with zero attached hydrogens (tertiary/aromatic N) is 2. The van der Waals surface area contributed by atoms with E-state index in [0.717, 1.165) is 16.4 Å². The molecule has 0 bridgehead atoms. The molecular weight excluding hydrogens is 379 g/mol. The molecule has 7 heteroatoms. The highest BCUT2D eigenvalue weighted by Crippen LogP contribution is 2.24. The van der Waals surface area contributed by atoms with Crippen molar-refractivity contribution < 1.29 is 17.6 Å². The van der Waals surface area contributed by atoms with E-state index < -0.39 is 28.3 Å². The Labute approximate surface area is 163 Å². The van der Waals surface area contributed by atoms with Crippen LogP contribution in [0.2, 0.25) is 0 Å². The van der Waals surface area contributed by atoms with Crippen LogP contribution in [0.3, 0.4) is 0 Å². The first-order chi connectivity index (χ1) is 13.4. The van der Waals surface area contributed by atoms with Gasteiger partial charge in [-0.05, 0) is 48.5 Å². The van der Waals surface area contributed by atoms with Crippen molar-refractivity contribution in [1.29, 1.82) is 0 Å². The highest BCUT2D eigenvalue weighted by atomic mass is 32.2. The van der Waals surface area contributed by atoms with Crippen LogP contribution in [0, 0.1) is 5.82 Å². The number of anilines is 2. The predicted molar refractivity (Wildman–Crippen MR) is 107 cm³/mol. The van der Waals surface area contributed by atoms with Crippen molar-refractivity contribution >= 4 is 27.3 Å². The summed E-state index contributed by atoms with van der Waals surface area (Å²) in [4.78, 5) is 14.3. The summed E-state index contributed by atoms with van der Waals surface area (Å²) in [7, 11) is -2.44. The zero-order chi connectivity index (χ0) is 20.1. The number of benzene rings is 3. The molecule has 0 radical (unpaired) electrons. The maximum Gasteiger partial charge on any atom is 0.264 e. The van der Waals surface area contributed by atoms with Crippen LogP contribution < -0.4 is 9.21 Å². The lowest BCUT2D eigenvalue weighted by molar-refractivity contribution is -0.116. The average molecular weight is 398 g/mol. The van der Waals surface area contributed by atoms with Crippen molar-refractivity contribution in [1.82, 2.24) is 0 Å². The summed E-state index contributed by atoms with van der Waals surface area (Å²) >= 11 is 0. The number of likely N-dealkylation sites (N-methyl/N-ethyl adjacent to an activating group) is 1. The van der Waals surface area contributed by atoms with E-state index >= 15 is 0 Å². The van der Waals surface area contributed by atoms with Crippen LogP contribution in [-0.4, -0.2) is 27.9 Å². The van der Waals surface area contributed by atoms with Gasteiger partial charge in [-0.2, -0.15) is 0 Å². The number of hydrogen-bond donors (Lipinski definition) is 0. The van der Waals surface area contributed by atoms with Gasteiger partial charge in [0.1, 0.15) is 12.4 Å². The molecule has 0 aliphatic heterocycles. The SMILES string of the molecule is CN(C(=O)CN(c1ccc(F)cc1)S(=O)(=O)c1ccccc1)c1ccccc1. The molecule has 1 amide bonds. The molecule has 0 aliphatic carbocycles. The monoisotopic (exact) mass is 398 g/mol. The fourth-order valence-electron chi connectivity index (χ4n) is 2.67. The summed E-state index contributed by atoms with van der Waals surface area (Å²) in [5.74, 6) is -0.913. The quantitative estimate of drug-likeness (QED) is 0.636. The number of carbonyl (C=O) groups is 1. The Kier molecular flexibility index (Phi) is 5.75. The van der Waals surface area contributed by atoms with Crippen LogP contribution in [-0.2, 0) is 14.8 Å². The van der Waals surface area contributed by atoms with Gasteiger partial charge in [-0.1, -0.05) is 36.4 Å². The maximum absolute atomic E-state index is 13.3. The molecule has 0 saturated carbocycles. The fourth-order valence-corrected chi connectivity index (χ4v) is 4.10. The lowest BCUT2D eigenvalue weighted by Crippen LogP contribution is -2.41. The van der Waals surface area contributed by atoms with Gasteiger partial charge in [-0.3, -0.25) is 9.10 Å². The third-order valence-electron chi connectivity index (χ3n) is 4.24. The fraction of sp³-hybridized carbons (Fsp3) is 0.0952. The summed E-state index contributed by atoms with van der Waals surface area (Å²) in [6.45, 7) is -0.422. The van der Waals surface area contributed by atoms with E-state index in [-0.39, 0.29) is 10.6 Å². The van der Waals surface area contributed by atoms with Crippen molar-refractivity contribution in [2.75, 3.05) is 22.8 Å². The number of halogens is 1. The molecule has 0 spiro atoms. The minimum atomic E-state index is -4.01. The number of para-hydroxylation sites is 1. The van der Waals surface area contributed by atoms with Gasteiger partial charge < -0.3 is 4.90 Å². The molecule has 5 nitrogen and oxygen atoms in total. The van der Waals surface area contributed by atoms with Gasteiger partial charge in [-0.25, -0.2) is 12.8 Å². The van der Waals surface area contributed by atoms with Crippen LogP contribution in [0.1, 0.15) is 0 Å². The van der Waals surface area contributed by atoms with Crippen molar-refractivity contribution in [2.45, 2.75) is 4.90 Å². The molecule has 144 valence electrons. The largest absolute Gasteiger partial charge is 0.314 e. The van der Waals surface area contributed by atoms with E-state index in [1.165, 1.54) is 29.2 Å². The van der Waals surface area contributed by atoms with E-state index in [0.29, 0.717) is 5.69 Å². The van der Waals surface area contributed by atoms with Crippen LogP contribution in [0.5, 0.6) is 0 Å². The normalized spacial score (nSPS) is 11.1. The molecule has 28 heavy (non-hydrogen) atoms. The Morgan fingerprint density at radius 3 is 1.93 bits per heavy atom. The third-order valence-corrected chi connectivity index (χ3v) is 6.03. The van der Waals surface area contributed by atoms with Crippen molar-refractivity contribution in [3.05, 3.63) is 90.7 Å². The highest BCUT2D eigenvalue weighted by Gasteiger charge is 2.28. The molecule has 3 aromatic rings. The van der Waals surface area contributed by atoms with Gasteiger partial charge in [-0.15, -0.1) is 0 Å². The topological polar surface area (TPSA) is 57.7 Å². The van der Waals surface area contributed by atoms with Gasteiger partial charge in [0.25, 0.3) is 10.0 Å². The van der Waals surface area contributed by atoms with Crippen LogP contribution in [0.15, 0.2) is 89.8 Å². The number of hydrogen-bond acceptors (Lipinski definition) is 3. The first-order valence-electron chi connectivity index (χ1n) is 8.54. The number of rotatable bonds is 6. The van der Waals surface area contributed by atoms with Crippen LogP contribution in [0.25, 0.3) is 0 Å². The Balaban J connectivity index is 1.97. The summed E-state index contributed by atoms with van der Waals surface area (Å²) in [5, 5.41) is 0. The van der Waals surface area contributed by atoms with Crippen molar-refractivity contribution in [2.24, 2.45) is 0 Å². The van der Waals surface area contributed by atoms with Crippen LogP contribution >= 0.6 is 0 Å². The lowest BCUT2D eigenvalue weighted by Gasteiger charge is -2.26. The summed E-state index contributed by atoms with van der Waals surface area (Å²) in [6, 6.07) is 21.7. The number of carbonyl (C=O) groups excluding carboxylic acids is 1. The van der Waals surface area contributed by atoms with Gasteiger partial charge in [0.05, 0.1) is 10.6 Å². The second kappa shape index (κ2) is 8.22. The third kappa shape index (κ3) is 4.20. The molecule has 0 N–H and O–H groups in total. The average Bonchev–Trinajstić information content (AvgIpc) is 2.73. The minimum Gasteiger partial charge on any atom is -0.314 e. The minimum absolute atomic E-state index is 0.0505. The van der Waals surface area contributed by atoms with Gasteiger partial charge in [0, 0.05) is 12.7 Å². The van der Waals surface area contributed by atoms with Crippen molar-refractivity contribution in [3.63, 3.8) is 0 Å². The second-order valence-corrected chi connectivity index (χ2v) is 7.95. The first-order valence-corrected chi connectivity index (χ1v) is 9.98. The molecule has 0 fully saturated rings. The first kappa shape index (κ1) is 19.6. The summed E-state index contributed by atoms with van der Waals surface area (Å²) < 4.78 is 40.7. The molecular formula is C21H19FN2O3S. The molecule has 3 rings (SSSR count). The van der Waals surface area contributed by atoms with Crippen molar-refractivity contribution in [3.8, 4) is 0 Å². The summed E-state index contributed by atoms with van der Waals surface area (Å²) in [5.41, 5.74) is 0.851. The molecule has 0 unspecified atom stereocenters. The van der Waals surface area contributed by atoms with E-state index in [1.54, 1.807) is 49.5 Å². The smallest absolute Gasteiger partial charge is 0.264 e. The zero-order valence-electron chi connectivity index (χ0n) is 15.2.